The van der Waals surface area contributed by atoms with Crippen LogP contribution in [0.1, 0.15) is 21.5 Å². The van der Waals surface area contributed by atoms with E-state index in [1.54, 1.807) is 36.4 Å². The van der Waals surface area contributed by atoms with Crippen LogP contribution in [0.25, 0.3) is 0 Å². The standard InChI is InChI=1S/C23H16ClF3N2O3S/c24-17-10-8-15(9-11-17)14-29-20-7-2-1-6-19(20)22(30)21(33(29,31)32)13-28-18-5-3-4-16(12-18)23(25,26)27/h1-13,28H,14H2/b21-13+. The predicted octanol–water partition coefficient (Wildman–Crippen LogP) is 5.85. The van der Waals surface area contributed by atoms with E-state index in [1.807, 2.05) is 0 Å². The second kappa shape index (κ2) is 8.57. The number of hydrogen-bond acceptors (Lipinski definition) is 4. The van der Waals surface area contributed by atoms with Gasteiger partial charge in [0, 0.05) is 22.5 Å². The van der Waals surface area contributed by atoms with Crippen LogP contribution in [0.5, 0.6) is 0 Å². The number of carbonyl (C=O) groups excluding carboxylic acids is 1. The molecule has 5 nitrogen and oxygen atoms in total. The predicted molar refractivity (Wildman–Crippen MR) is 120 cm³/mol. The molecule has 0 spiro atoms. The van der Waals surface area contributed by atoms with Crippen molar-refractivity contribution in [2.75, 3.05) is 9.62 Å². The number of sulfonamides is 1. The molecule has 0 aliphatic carbocycles. The molecule has 1 aliphatic rings. The van der Waals surface area contributed by atoms with E-state index in [9.17, 15) is 26.4 Å². The van der Waals surface area contributed by atoms with Crippen LogP contribution in [-0.4, -0.2) is 14.2 Å². The summed E-state index contributed by atoms with van der Waals surface area (Å²) in [5.41, 5.74) is 0.103. The van der Waals surface area contributed by atoms with Crippen LogP contribution in [0.15, 0.2) is 83.9 Å². The van der Waals surface area contributed by atoms with Gasteiger partial charge in [-0.1, -0.05) is 41.9 Å². The Bertz CT molecular complexity index is 1350. The maximum Gasteiger partial charge on any atom is 0.416 e. The van der Waals surface area contributed by atoms with E-state index in [2.05, 4.69) is 5.32 Å². The fraction of sp³-hybridized carbons (Fsp3) is 0.0870. The Morgan fingerprint density at radius 1 is 0.970 bits per heavy atom. The average Bonchev–Trinajstić information content (AvgIpc) is 2.77. The summed E-state index contributed by atoms with van der Waals surface area (Å²) in [7, 11) is -4.32. The maximum atomic E-state index is 13.4. The van der Waals surface area contributed by atoms with Gasteiger partial charge in [-0.3, -0.25) is 9.10 Å². The number of nitrogens with one attached hydrogen (secondary N) is 1. The first-order chi connectivity index (χ1) is 15.6. The summed E-state index contributed by atoms with van der Waals surface area (Å²) in [6, 6.07) is 17.1. The molecule has 0 saturated heterocycles. The molecule has 1 aliphatic heterocycles. The van der Waals surface area contributed by atoms with E-state index < -0.39 is 32.5 Å². The van der Waals surface area contributed by atoms with E-state index in [4.69, 9.17) is 11.6 Å². The van der Waals surface area contributed by atoms with Crippen LogP contribution in [-0.2, 0) is 22.7 Å². The van der Waals surface area contributed by atoms with Crippen molar-refractivity contribution in [1.29, 1.82) is 0 Å². The molecule has 0 bridgehead atoms. The van der Waals surface area contributed by atoms with Gasteiger partial charge in [-0.15, -0.1) is 0 Å². The topological polar surface area (TPSA) is 66.5 Å². The van der Waals surface area contributed by atoms with Gasteiger partial charge in [-0.25, -0.2) is 8.42 Å². The summed E-state index contributed by atoms with van der Waals surface area (Å²) in [5, 5.41) is 3.02. The third-order valence-corrected chi connectivity index (χ3v) is 7.03. The number of anilines is 2. The number of hydrogen-bond donors (Lipinski definition) is 1. The lowest BCUT2D eigenvalue weighted by atomic mass is 10.1. The molecule has 1 N–H and O–H groups in total. The highest BCUT2D eigenvalue weighted by molar-refractivity contribution is 7.97. The number of benzene rings is 3. The van der Waals surface area contributed by atoms with Crippen molar-refractivity contribution in [3.8, 4) is 0 Å². The largest absolute Gasteiger partial charge is 0.416 e. The number of rotatable bonds is 4. The molecule has 10 heteroatoms. The first-order valence-electron chi connectivity index (χ1n) is 9.62. The number of carbonyl (C=O) groups is 1. The molecule has 4 rings (SSSR count). The van der Waals surface area contributed by atoms with Gasteiger partial charge in [0.15, 0.2) is 4.91 Å². The van der Waals surface area contributed by atoms with Crippen molar-refractivity contribution in [1.82, 2.24) is 0 Å². The smallest absolute Gasteiger partial charge is 0.360 e. The Balaban J connectivity index is 1.74. The summed E-state index contributed by atoms with van der Waals surface area (Å²) in [4.78, 5) is 12.4. The number of allylic oxidation sites excluding steroid dienone is 1. The van der Waals surface area contributed by atoms with E-state index >= 15 is 0 Å². The third-order valence-electron chi connectivity index (χ3n) is 5.01. The lowest BCUT2D eigenvalue weighted by Gasteiger charge is -2.31. The van der Waals surface area contributed by atoms with E-state index in [0.29, 0.717) is 10.6 Å². The fourth-order valence-corrected chi connectivity index (χ4v) is 5.03. The van der Waals surface area contributed by atoms with Gasteiger partial charge in [0.25, 0.3) is 10.0 Å². The zero-order valence-electron chi connectivity index (χ0n) is 16.8. The van der Waals surface area contributed by atoms with Gasteiger partial charge in [-0.05, 0) is 48.0 Å². The monoisotopic (exact) mass is 492 g/mol. The lowest BCUT2D eigenvalue weighted by molar-refractivity contribution is -0.137. The molecule has 0 amide bonds. The molecule has 170 valence electrons. The number of ketones is 1. The zero-order valence-corrected chi connectivity index (χ0v) is 18.4. The summed E-state index contributed by atoms with van der Waals surface area (Å²) < 4.78 is 66.8. The molecule has 0 fully saturated rings. The van der Waals surface area contributed by atoms with Crippen molar-refractivity contribution in [3.63, 3.8) is 0 Å². The van der Waals surface area contributed by atoms with Crippen LogP contribution < -0.4 is 9.62 Å². The van der Waals surface area contributed by atoms with Crippen molar-refractivity contribution in [2.45, 2.75) is 12.7 Å². The maximum absolute atomic E-state index is 13.4. The highest BCUT2D eigenvalue weighted by atomic mass is 35.5. The minimum Gasteiger partial charge on any atom is -0.360 e. The molecule has 0 radical (unpaired) electrons. The Hall–Kier alpha value is -3.30. The molecule has 0 aromatic heterocycles. The number of Topliss-reactive ketones (excluding diaryl/α,β-unsaturated/α-hetero) is 1. The highest BCUT2D eigenvalue weighted by Gasteiger charge is 2.40. The quantitative estimate of drug-likeness (QED) is 0.464. The van der Waals surface area contributed by atoms with Crippen molar-refractivity contribution < 1.29 is 26.4 Å². The normalized spacial score (nSPS) is 16.5. The first-order valence-corrected chi connectivity index (χ1v) is 11.4. The summed E-state index contributed by atoms with van der Waals surface area (Å²) >= 11 is 5.91. The van der Waals surface area contributed by atoms with Crippen LogP contribution in [0, 0.1) is 0 Å². The zero-order chi connectivity index (χ0) is 23.8. The second-order valence-electron chi connectivity index (χ2n) is 7.22. The molecule has 1 heterocycles. The van der Waals surface area contributed by atoms with Gasteiger partial charge in [0.2, 0.25) is 5.78 Å². The SMILES string of the molecule is O=C1/C(=C\Nc2cccc(C(F)(F)F)c2)S(=O)(=O)N(Cc2ccc(Cl)cc2)c2ccccc21. The van der Waals surface area contributed by atoms with Gasteiger partial charge >= 0.3 is 6.18 Å². The Morgan fingerprint density at radius 3 is 2.36 bits per heavy atom. The van der Waals surface area contributed by atoms with Crippen LogP contribution in [0.3, 0.4) is 0 Å². The lowest BCUT2D eigenvalue weighted by Crippen LogP contribution is -2.39. The third kappa shape index (κ3) is 4.60. The Kier molecular flexibility index (Phi) is 5.94. The van der Waals surface area contributed by atoms with Gasteiger partial charge in [0.05, 0.1) is 17.8 Å². The molecule has 3 aromatic rings. The Morgan fingerprint density at radius 2 is 1.67 bits per heavy atom. The van der Waals surface area contributed by atoms with E-state index in [1.165, 1.54) is 24.3 Å². The highest BCUT2D eigenvalue weighted by Crippen LogP contribution is 2.36. The van der Waals surface area contributed by atoms with Gasteiger partial charge in [0.1, 0.15) is 0 Å². The number of fused-ring (bicyclic) bond motifs is 1. The summed E-state index contributed by atoms with van der Waals surface area (Å²) in [5.74, 6) is -0.752. The Labute approximate surface area is 193 Å². The minimum absolute atomic E-state index is 0.0107. The molecular weight excluding hydrogens is 477 g/mol. The van der Waals surface area contributed by atoms with Crippen molar-refractivity contribution in [2.24, 2.45) is 0 Å². The van der Waals surface area contributed by atoms with Crippen LogP contribution in [0.4, 0.5) is 24.5 Å². The fourth-order valence-electron chi connectivity index (χ4n) is 3.38. The molecule has 0 unspecified atom stereocenters. The number of halogens is 4. The number of alkyl halides is 3. The molecule has 33 heavy (non-hydrogen) atoms. The van der Waals surface area contributed by atoms with Gasteiger partial charge < -0.3 is 5.32 Å². The minimum atomic E-state index is -4.56. The molecular formula is C23H16ClF3N2O3S. The number of para-hydroxylation sites is 1. The van der Waals surface area contributed by atoms with Crippen LogP contribution in [0.2, 0.25) is 5.02 Å². The summed E-state index contributed by atoms with van der Waals surface area (Å²) in [6.45, 7) is -0.0648. The van der Waals surface area contributed by atoms with Crippen molar-refractivity contribution in [3.05, 3.63) is 106 Å². The van der Waals surface area contributed by atoms with E-state index in [0.717, 1.165) is 22.6 Å². The number of nitrogens with zero attached hydrogens (tertiary/aromatic N) is 1. The second-order valence-corrected chi connectivity index (χ2v) is 9.48. The van der Waals surface area contributed by atoms with E-state index in [-0.39, 0.29) is 23.5 Å². The first kappa shape index (κ1) is 22.9. The van der Waals surface area contributed by atoms with Gasteiger partial charge in [-0.2, -0.15) is 13.2 Å². The summed E-state index contributed by atoms with van der Waals surface area (Å²) in [6.07, 6.45) is -3.64. The molecule has 0 atom stereocenters. The average molecular weight is 493 g/mol. The van der Waals surface area contributed by atoms with Crippen molar-refractivity contribution >= 4 is 38.8 Å². The molecule has 0 saturated carbocycles. The molecule has 3 aromatic carbocycles. The van der Waals surface area contributed by atoms with Crippen LogP contribution >= 0.6 is 11.6 Å².